The van der Waals surface area contributed by atoms with Crippen LogP contribution in [0.25, 0.3) is 0 Å². The highest BCUT2D eigenvalue weighted by molar-refractivity contribution is 6.25. The van der Waals surface area contributed by atoms with Gasteiger partial charge in [0.1, 0.15) is 0 Å². The summed E-state index contributed by atoms with van der Waals surface area (Å²) in [6.07, 6.45) is 1.87. The van der Waals surface area contributed by atoms with E-state index in [0.717, 1.165) is 13.1 Å². The van der Waals surface area contributed by atoms with Crippen LogP contribution in [-0.2, 0) is 4.74 Å². The summed E-state index contributed by atoms with van der Waals surface area (Å²) in [7, 11) is 3.63. The van der Waals surface area contributed by atoms with Crippen molar-refractivity contribution < 1.29 is 4.74 Å². The molecular weight excluding hydrogens is 197 g/mol. The van der Waals surface area contributed by atoms with E-state index in [9.17, 15) is 0 Å². The van der Waals surface area contributed by atoms with E-state index >= 15 is 0 Å². The molecule has 0 heterocycles. The minimum atomic E-state index is 0.0451. The predicted molar refractivity (Wildman–Crippen MR) is 54.0 cm³/mol. The molecule has 0 amide bonds. The van der Waals surface area contributed by atoms with Gasteiger partial charge < -0.3 is 9.64 Å². The Morgan fingerprint density at radius 3 is 2.75 bits per heavy atom. The number of hydrogen-bond acceptors (Lipinski definition) is 2. The molecule has 1 atom stereocenters. The fourth-order valence-electron chi connectivity index (χ4n) is 0.866. The Morgan fingerprint density at radius 2 is 2.25 bits per heavy atom. The minimum Gasteiger partial charge on any atom is -0.383 e. The standard InChI is InChI=1S/C8H15Cl2NO/c1-11(5-3-4-9)6-8(10)7-12-2/h3-4,8H,5-7H2,1-2H3/b4-3+. The average molecular weight is 212 g/mol. The molecular formula is C8H15Cl2NO. The molecule has 0 saturated carbocycles. The molecule has 0 aliphatic rings. The molecule has 0 spiro atoms. The number of rotatable bonds is 6. The largest absolute Gasteiger partial charge is 0.383 e. The van der Waals surface area contributed by atoms with Gasteiger partial charge in [-0.25, -0.2) is 0 Å². The first-order valence-corrected chi connectivity index (χ1v) is 4.64. The smallest absolute Gasteiger partial charge is 0.0696 e. The molecule has 1 unspecified atom stereocenters. The van der Waals surface area contributed by atoms with Gasteiger partial charge in [0.25, 0.3) is 0 Å². The quantitative estimate of drug-likeness (QED) is 0.623. The van der Waals surface area contributed by atoms with Crippen LogP contribution in [0, 0.1) is 0 Å². The summed E-state index contributed by atoms with van der Waals surface area (Å²) in [4.78, 5) is 2.08. The summed E-state index contributed by atoms with van der Waals surface area (Å²) in [6, 6.07) is 0. The average Bonchev–Trinajstić information content (AvgIpc) is 2.01. The minimum absolute atomic E-state index is 0.0451. The summed E-state index contributed by atoms with van der Waals surface area (Å²) in [6.45, 7) is 2.20. The van der Waals surface area contributed by atoms with E-state index in [1.807, 2.05) is 13.1 Å². The van der Waals surface area contributed by atoms with Crippen molar-refractivity contribution in [1.82, 2.24) is 4.90 Å². The maximum absolute atomic E-state index is 5.93. The van der Waals surface area contributed by atoms with Crippen LogP contribution in [0.1, 0.15) is 0 Å². The highest BCUT2D eigenvalue weighted by Gasteiger charge is 2.06. The molecule has 0 N–H and O–H groups in total. The van der Waals surface area contributed by atoms with Crippen molar-refractivity contribution in [3.8, 4) is 0 Å². The Morgan fingerprint density at radius 1 is 1.58 bits per heavy atom. The Kier molecular flexibility index (Phi) is 8.02. The molecule has 0 aromatic carbocycles. The number of nitrogens with zero attached hydrogens (tertiary/aromatic N) is 1. The summed E-state index contributed by atoms with van der Waals surface area (Å²) in [5, 5.41) is 0.0451. The Bertz CT molecular complexity index is 130. The van der Waals surface area contributed by atoms with Crippen LogP contribution >= 0.6 is 23.2 Å². The van der Waals surface area contributed by atoms with Crippen LogP contribution < -0.4 is 0 Å². The highest BCUT2D eigenvalue weighted by atomic mass is 35.5. The van der Waals surface area contributed by atoms with Crippen LogP contribution in [-0.4, -0.2) is 44.1 Å². The zero-order valence-corrected chi connectivity index (χ0v) is 8.98. The van der Waals surface area contributed by atoms with Gasteiger partial charge in [-0.1, -0.05) is 17.7 Å². The molecule has 2 nitrogen and oxygen atoms in total. The number of halogens is 2. The monoisotopic (exact) mass is 211 g/mol. The Balaban J connectivity index is 3.46. The van der Waals surface area contributed by atoms with Gasteiger partial charge in [-0.05, 0) is 7.05 Å². The van der Waals surface area contributed by atoms with Gasteiger partial charge >= 0.3 is 0 Å². The number of methoxy groups -OCH3 is 1. The third-order valence-electron chi connectivity index (χ3n) is 1.36. The first-order valence-electron chi connectivity index (χ1n) is 3.77. The van der Waals surface area contributed by atoms with Gasteiger partial charge in [0.15, 0.2) is 0 Å². The second kappa shape index (κ2) is 7.87. The van der Waals surface area contributed by atoms with E-state index < -0.39 is 0 Å². The molecule has 0 aromatic heterocycles. The summed E-state index contributed by atoms with van der Waals surface area (Å²) in [5.41, 5.74) is 1.51. The molecule has 0 aromatic rings. The van der Waals surface area contributed by atoms with E-state index in [4.69, 9.17) is 27.9 Å². The normalized spacial score (nSPS) is 14.4. The van der Waals surface area contributed by atoms with E-state index in [0.29, 0.717) is 6.61 Å². The number of likely N-dealkylation sites (N-methyl/N-ethyl adjacent to an activating group) is 1. The maximum Gasteiger partial charge on any atom is 0.0696 e. The van der Waals surface area contributed by atoms with Crippen molar-refractivity contribution >= 4 is 23.2 Å². The van der Waals surface area contributed by atoms with Gasteiger partial charge in [0.2, 0.25) is 0 Å². The van der Waals surface area contributed by atoms with Crippen LogP contribution in [0.4, 0.5) is 0 Å². The molecule has 72 valence electrons. The van der Waals surface area contributed by atoms with Crippen LogP contribution in [0.3, 0.4) is 0 Å². The lowest BCUT2D eigenvalue weighted by molar-refractivity contribution is 0.185. The highest BCUT2D eigenvalue weighted by Crippen LogP contribution is 1.99. The Labute approximate surface area is 84.1 Å². The van der Waals surface area contributed by atoms with Crippen LogP contribution in [0.15, 0.2) is 11.6 Å². The van der Waals surface area contributed by atoms with Crippen LogP contribution in [0.2, 0.25) is 0 Å². The van der Waals surface area contributed by atoms with Crippen molar-refractivity contribution in [3.05, 3.63) is 11.6 Å². The molecule has 0 aliphatic heterocycles. The second-order valence-corrected chi connectivity index (χ2v) is 3.50. The Hall–Kier alpha value is 0.240. The zero-order valence-electron chi connectivity index (χ0n) is 7.46. The van der Waals surface area contributed by atoms with Crippen LogP contribution in [0.5, 0.6) is 0 Å². The molecule has 0 radical (unpaired) electrons. The van der Waals surface area contributed by atoms with E-state index in [-0.39, 0.29) is 5.38 Å². The van der Waals surface area contributed by atoms with Gasteiger partial charge in [-0.3, -0.25) is 0 Å². The first kappa shape index (κ1) is 12.2. The molecule has 12 heavy (non-hydrogen) atoms. The zero-order chi connectivity index (χ0) is 9.40. The first-order chi connectivity index (χ1) is 5.70. The molecule has 0 aliphatic carbocycles. The summed E-state index contributed by atoms with van der Waals surface area (Å²) < 4.78 is 4.91. The number of alkyl halides is 1. The topological polar surface area (TPSA) is 12.5 Å². The molecule has 0 bridgehead atoms. The van der Waals surface area contributed by atoms with Crippen molar-refractivity contribution in [2.45, 2.75) is 5.38 Å². The SMILES string of the molecule is COCC(Cl)CN(C)C/C=C/Cl. The van der Waals surface area contributed by atoms with Gasteiger partial charge in [0.05, 0.1) is 12.0 Å². The fourth-order valence-corrected chi connectivity index (χ4v) is 1.31. The van der Waals surface area contributed by atoms with Gasteiger partial charge in [-0.15, -0.1) is 11.6 Å². The predicted octanol–water partition coefficient (Wildman–Crippen LogP) is 1.92. The molecule has 4 heteroatoms. The van der Waals surface area contributed by atoms with E-state index in [1.54, 1.807) is 7.11 Å². The van der Waals surface area contributed by atoms with E-state index in [2.05, 4.69) is 4.90 Å². The summed E-state index contributed by atoms with van der Waals surface area (Å²) in [5.74, 6) is 0. The van der Waals surface area contributed by atoms with Crippen molar-refractivity contribution in [2.24, 2.45) is 0 Å². The lowest BCUT2D eigenvalue weighted by atomic mass is 10.4. The fraction of sp³-hybridized carbons (Fsp3) is 0.750. The molecule has 0 fully saturated rings. The lowest BCUT2D eigenvalue weighted by Crippen LogP contribution is -2.28. The lowest BCUT2D eigenvalue weighted by Gasteiger charge is -2.17. The van der Waals surface area contributed by atoms with E-state index in [1.165, 1.54) is 5.54 Å². The summed E-state index contributed by atoms with van der Waals surface area (Å²) >= 11 is 11.3. The molecule has 0 rings (SSSR count). The number of ether oxygens (including phenoxy) is 1. The third kappa shape index (κ3) is 6.92. The maximum atomic E-state index is 5.93. The van der Waals surface area contributed by atoms with Gasteiger partial charge in [0, 0.05) is 25.7 Å². The third-order valence-corrected chi connectivity index (χ3v) is 1.81. The van der Waals surface area contributed by atoms with Crippen molar-refractivity contribution in [1.29, 1.82) is 0 Å². The van der Waals surface area contributed by atoms with Gasteiger partial charge in [-0.2, -0.15) is 0 Å². The molecule has 0 saturated heterocycles. The number of hydrogen-bond donors (Lipinski definition) is 0. The van der Waals surface area contributed by atoms with Crippen molar-refractivity contribution in [3.63, 3.8) is 0 Å². The second-order valence-electron chi connectivity index (χ2n) is 2.64. The van der Waals surface area contributed by atoms with Crippen molar-refractivity contribution in [2.75, 3.05) is 33.9 Å².